The summed E-state index contributed by atoms with van der Waals surface area (Å²) in [4.78, 5) is 20.8. The van der Waals surface area contributed by atoms with Crippen LogP contribution in [0.15, 0.2) is 36.5 Å². The van der Waals surface area contributed by atoms with Crippen LogP contribution in [0.1, 0.15) is 250 Å². The summed E-state index contributed by atoms with van der Waals surface area (Å²) in [7, 11) is 0. The zero-order valence-corrected chi connectivity index (χ0v) is 33.8. The third kappa shape index (κ3) is 48.2. The van der Waals surface area contributed by atoms with E-state index in [4.69, 9.17) is 10.2 Å². The van der Waals surface area contributed by atoms with E-state index in [9.17, 15) is 9.59 Å². The molecule has 0 amide bonds. The molecule has 0 atom stereocenters. The van der Waals surface area contributed by atoms with Crippen molar-refractivity contribution in [3.8, 4) is 0 Å². The third-order valence-electron chi connectivity index (χ3n) is 10.4. The Hall–Kier alpha value is -1.84. The van der Waals surface area contributed by atoms with Crippen molar-refractivity contribution in [3.05, 3.63) is 36.5 Å². The first kappa shape index (κ1) is 49.2. The van der Waals surface area contributed by atoms with Crippen LogP contribution >= 0.6 is 0 Å². The van der Waals surface area contributed by atoms with E-state index >= 15 is 0 Å². The maximum atomic E-state index is 10.4. The first-order chi connectivity index (χ1) is 25.1. The van der Waals surface area contributed by atoms with Crippen LogP contribution in [-0.2, 0) is 9.59 Å². The molecule has 298 valence electrons. The smallest absolute Gasteiger partial charge is 0.327 e. The van der Waals surface area contributed by atoms with Crippen molar-refractivity contribution in [3.63, 3.8) is 0 Å². The van der Waals surface area contributed by atoms with Gasteiger partial charge in [0.2, 0.25) is 0 Å². The van der Waals surface area contributed by atoms with E-state index < -0.39 is 11.9 Å². The molecule has 4 heteroatoms. The quantitative estimate of drug-likeness (QED) is 0.0374. The van der Waals surface area contributed by atoms with Gasteiger partial charge in [0.25, 0.3) is 0 Å². The number of allylic oxidation sites excluding steroid dienone is 4. The maximum Gasteiger partial charge on any atom is 0.327 e. The van der Waals surface area contributed by atoms with Gasteiger partial charge in [-0.25, -0.2) is 9.59 Å². The predicted molar refractivity (Wildman–Crippen MR) is 223 cm³/mol. The second kappa shape index (κ2) is 44.3. The summed E-state index contributed by atoms with van der Waals surface area (Å²) in [6.07, 6.45) is 63.6. The number of carboxylic acid groups (broad SMARTS) is 2. The van der Waals surface area contributed by atoms with Gasteiger partial charge in [0.15, 0.2) is 0 Å². The van der Waals surface area contributed by atoms with E-state index in [-0.39, 0.29) is 0 Å². The average molecular weight is 715 g/mol. The highest BCUT2D eigenvalue weighted by molar-refractivity contribution is 5.79. The summed E-state index contributed by atoms with van der Waals surface area (Å²) < 4.78 is 0. The molecule has 0 aliphatic heterocycles. The fraction of sp³-hybridized carbons (Fsp3) is 0.830. The molecule has 0 unspecified atom stereocenters. The largest absolute Gasteiger partial charge is 0.478 e. The van der Waals surface area contributed by atoms with Crippen molar-refractivity contribution in [2.45, 2.75) is 250 Å². The maximum absolute atomic E-state index is 10.4. The highest BCUT2D eigenvalue weighted by Crippen LogP contribution is 2.17. The first-order valence-electron chi connectivity index (χ1n) is 22.6. The molecule has 0 saturated heterocycles. The Balaban J connectivity index is 3.11. The number of hydrogen-bond acceptors (Lipinski definition) is 2. The summed E-state index contributed by atoms with van der Waals surface area (Å²) in [6, 6.07) is 0. The Morgan fingerprint density at radius 2 is 0.373 bits per heavy atom. The molecule has 0 saturated carbocycles. The van der Waals surface area contributed by atoms with Gasteiger partial charge in [-0.3, -0.25) is 0 Å². The lowest BCUT2D eigenvalue weighted by molar-refractivity contribution is -0.132. The van der Waals surface area contributed by atoms with Crippen LogP contribution in [0.4, 0.5) is 0 Å². The normalized spacial score (nSPS) is 11.9. The van der Waals surface area contributed by atoms with E-state index in [1.54, 1.807) is 12.2 Å². The van der Waals surface area contributed by atoms with E-state index in [1.807, 2.05) is 0 Å². The first-order valence-corrected chi connectivity index (χ1v) is 22.6. The molecular weight excluding hydrogens is 629 g/mol. The molecule has 0 aromatic carbocycles. The van der Waals surface area contributed by atoms with Crippen LogP contribution in [0.3, 0.4) is 0 Å². The molecule has 2 N–H and O–H groups in total. The topological polar surface area (TPSA) is 74.6 Å². The summed E-state index contributed by atoms with van der Waals surface area (Å²) in [5.74, 6) is -1.67. The second-order valence-electron chi connectivity index (χ2n) is 15.5. The van der Waals surface area contributed by atoms with E-state index in [2.05, 4.69) is 12.2 Å². The van der Waals surface area contributed by atoms with Crippen LogP contribution in [0.25, 0.3) is 0 Å². The second-order valence-corrected chi connectivity index (χ2v) is 15.5. The molecule has 0 radical (unpaired) electrons. The number of carboxylic acids is 2. The zero-order valence-electron chi connectivity index (χ0n) is 33.8. The number of hydrogen-bond donors (Lipinski definition) is 2. The fourth-order valence-electron chi connectivity index (χ4n) is 7.13. The highest BCUT2D eigenvalue weighted by atomic mass is 16.4. The van der Waals surface area contributed by atoms with Gasteiger partial charge in [0.1, 0.15) is 0 Å². The minimum absolute atomic E-state index is 0.832. The summed E-state index contributed by atoms with van der Waals surface area (Å²) in [5.41, 5.74) is 0. The van der Waals surface area contributed by atoms with E-state index in [0.29, 0.717) is 0 Å². The van der Waals surface area contributed by atoms with Gasteiger partial charge in [-0.15, -0.1) is 0 Å². The minimum Gasteiger partial charge on any atom is -0.478 e. The molecular formula is C47H86O4. The molecule has 4 nitrogen and oxygen atoms in total. The molecule has 0 aliphatic rings. The van der Waals surface area contributed by atoms with Crippen LogP contribution in [0.2, 0.25) is 0 Å². The molecule has 0 spiro atoms. The molecule has 0 rings (SSSR count). The monoisotopic (exact) mass is 715 g/mol. The molecule has 0 aromatic rings. The van der Waals surface area contributed by atoms with Gasteiger partial charge in [-0.2, -0.15) is 0 Å². The van der Waals surface area contributed by atoms with Gasteiger partial charge in [-0.05, 0) is 51.4 Å². The van der Waals surface area contributed by atoms with Crippen molar-refractivity contribution in [1.29, 1.82) is 0 Å². The SMILES string of the molecule is O=C(O)C=CCCCCCCC=CCCCCCCCCCCCCCCCCCCCCCCCCCCCCCCCCCC=CC(=O)O. The summed E-state index contributed by atoms with van der Waals surface area (Å²) in [6.45, 7) is 0. The molecule has 0 fully saturated rings. The Bertz CT molecular complexity index is 798. The molecule has 0 heterocycles. The van der Waals surface area contributed by atoms with E-state index in [1.165, 1.54) is 237 Å². The zero-order chi connectivity index (χ0) is 37.0. The van der Waals surface area contributed by atoms with Crippen molar-refractivity contribution >= 4 is 11.9 Å². The lowest BCUT2D eigenvalue weighted by Crippen LogP contribution is -1.86. The molecule has 0 aliphatic carbocycles. The summed E-state index contributed by atoms with van der Waals surface area (Å²) >= 11 is 0. The average Bonchev–Trinajstić information content (AvgIpc) is 3.11. The van der Waals surface area contributed by atoms with Gasteiger partial charge in [0, 0.05) is 12.2 Å². The van der Waals surface area contributed by atoms with Crippen molar-refractivity contribution in [2.75, 3.05) is 0 Å². The van der Waals surface area contributed by atoms with Gasteiger partial charge in [0.05, 0.1) is 0 Å². The third-order valence-corrected chi connectivity index (χ3v) is 10.4. The van der Waals surface area contributed by atoms with E-state index in [0.717, 1.165) is 25.7 Å². The number of carbonyl (C=O) groups is 2. The van der Waals surface area contributed by atoms with Crippen LogP contribution in [-0.4, -0.2) is 22.2 Å². The minimum atomic E-state index is -0.840. The predicted octanol–water partition coefficient (Wildman–Crippen LogP) is 16.0. The van der Waals surface area contributed by atoms with Crippen molar-refractivity contribution < 1.29 is 19.8 Å². The summed E-state index contributed by atoms with van der Waals surface area (Å²) in [5, 5.41) is 17.1. The number of aliphatic carboxylic acids is 2. The Kier molecular flexibility index (Phi) is 42.7. The molecule has 0 aromatic heterocycles. The Labute approximate surface area is 317 Å². The fourth-order valence-corrected chi connectivity index (χ4v) is 7.13. The van der Waals surface area contributed by atoms with Crippen molar-refractivity contribution in [2.24, 2.45) is 0 Å². The van der Waals surface area contributed by atoms with Gasteiger partial charge < -0.3 is 10.2 Å². The van der Waals surface area contributed by atoms with Crippen LogP contribution in [0, 0.1) is 0 Å². The standard InChI is InChI=1S/C47H86O4/c48-46(49)44-42-40-38-36-34-32-30-28-26-24-22-20-18-16-14-12-10-8-6-4-2-1-3-5-7-9-11-13-15-17-19-21-23-25-27-29-31-33-35-37-39-41-43-45-47(50)51/h26,28,42-45H,1-25,27,29-41H2,(H,48,49)(H,50,51). The Morgan fingerprint density at radius 3 is 0.529 bits per heavy atom. The number of rotatable bonds is 43. The van der Waals surface area contributed by atoms with Gasteiger partial charge >= 0.3 is 11.9 Å². The lowest BCUT2D eigenvalue weighted by Gasteiger charge is -2.05. The Morgan fingerprint density at radius 1 is 0.235 bits per heavy atom. The van der Waals surface area contributed by atoms with Crippen LogP contribution in [0.5, 0.6) is 0 Å². The number of unbranched alkanes of at least 4 members (excludes halogenated alkanes) is 37. The van der Waals surface area contributed by atoms with Gasteiger partial charge in [-0.1, -0.05) is 223 Å². The van der Waals surface area contributed by atoms with Crippen molar-refractivity contribution in [1.82, 2.24) is 0 Å². The molecule has 0 bridgehead atoms. The lowest BCUT2D eigenvalue weighted by atomic mass is 10.0. The highest BCUT2D eigenvalue weighted by Gasteiger charge is 1.98. The molecule has 51 heavy (non-hydrogen) atoms. The van der Waals surface area contributed by atoms with Crippen LogP contribution < -0.4 is 0 Å².